The van der Waals surface area contributed by atoms with Crippen molar-refractivity contribution in [2.24, 2.45) is 0 Å². The average Bonchev–Trinajstić information content (AvgIpc) is 3.28. The standard InChI is InChI=1S/C20H15ClN2O2S2/c1-10-6-12(7-11(2)17(10)24)8-14(21)18-22-19(25)16-13(9-27-20(16)23-18)15-4-3-5-26-15/h3-9,24H,1-2H3,(H,22,23,25)/b14-8-. The van der Waals surface area contributed by atoms with E-state index >= 15 is 0 Å². The first kappa shape index (κ1) is 18.0. The average molecular weight is 415 g/mol. The minimum absolute atomic E-state index is 0.204. The Hall–Kier alpha value is -2.41. The van der Waals surface area contributed by atoms with Crippen LogP contribution >= 0.6 is 34.3 Å². The lowest BCUT2D eigenvalue weighted by Gasteiger charge is -2.06. The highest BCUT2D eigenvalue weighted by Crippen LogP contribution is 2.34. The molecule has 0 aliphatic carbocycles. The van der Waals surface area contributed by atoms with Gasteiger partial charge in [-0.15, -0.1) is 22.7 Å². The number of phenols is 1. The predicted octanol–water partition coefficient (Wildman–Crippen LogP) is 5.77. The number of nitrogens with one attached hydrogen (secondary N) is 1. The predicted molar refractivity (Wildman–Crippen MR) is 115 cm³/mol. The second-order valence-electron chi connectivity index (χ2n) is 6.22. The number of halogens is 1. The quantitative estimate of drug-likeness (QED) is 0.447. The minimum atomic E-state index is -0.204. The molecule has 0 amide bonds. The molecule has 0 atom stereocenters. The van der Waals surface area contributed by atoms with Crippen LogP contribution in [0.25, 0.3) is 31.8 Å². The van der Waals surface area contributed by atoms with E-state index in [0.29, 0.717) is 21.1 Å². The normalized spacial score (nSPS) is 12.0. The molecule has 4 nitrogen and oxygen atoms in total. The summed E-state index contributed by atoms with van der Waals surface area (Å²) in [6.07, 6.45) is 1.74. The Morgan fingerprint density at radius 1 is 1.26 bits per heavy atom. The molecule has 0 saturated carbocycles. The van der Waals surface area contributed by atoms with E-state index in [1.165, 1.54) is 11.3 Å². The van der Waals surface area contributed by atoms with Gasteiger partial charge in [-0.3, -0.25) is 4.79 Å². The number of aromatic hydroxyl groups is 1. The number of nitrogens with zero attached hydrogens (tertiary/aromatic N) is 1. The van der Waals surface area contributed by atoms with Crippen LogP contribution in [0.5, 0.6) is 5.75 Å². The van der Waals surface area contributed by atoms with Crippen LogP contribution in [-0.4, -0.2) is 15.1 Å². The molecule has 0 aliphatic heterocycles. The van der Waals surface area contributed by atoms with Crippen molar-refractivity contribution in [2.45, 2.75) is 13.8 Å². The smallest absolute Gasteiger partial charge is 0.260 e. The van der Waals surface area contributed by atoms with Crippen molar-refractivity contribution in [1.29, 1.82) is 0 Å². The summed E-state index contributed by atoms with van der Waals surface area (Å²) in [5.74, 6) is 0.605. The second kappa shape index (κ2) is 6.96. The van der Waals surface area contributed by atoms with Gasteiger partial charge in [0, 0.05) is 15.8 Å². The van der Waals surface area contributed by atoms with Gasteiger partial charge < -0.3 is 10.1 Å². The van der Waals surface area contributed by atoms with Gasteiger partial charge in [0.05, 0.1) is 10.4 Å². The van der Waals surface area contributed by atoms with Gasteiger partial charge in [0.1, 0.15) is 10.6 Å². The molecule has 0 fully saturated rings. The number of hydrogen-bond acceptors (Lipinski definition) is 5. The van der Waals surface area contributed by atoms with Gasteiger partial charge in [-0.05, 0) is 60.2 Å². The largest absolute Gasteiger partial charge is 0.507 e. The number of thiophene rings is 2. The summed E-state index contributed by atoms with van der Waals surface area (Å²) in [7, 11) is 0. The van der Waals surface area contributed by atoms with E-state index in [9.17, 15) is 9.90 Å². The van der Waals surface area contributed by atoms with E-state index in [1.54, 1.807) is 17.4 Å². The van der Waals surface area contributed by atoms with Crippen LogP contribution in [0.4, 0.5) is 0 Å². The van der Waals surface area contributed by atoms with Gasteiger partial charge in [-0.25, -0.2) is 4.98 Å². The van der Waals surface area contributed by atoms with E-state index in [4.69, 9.17) is 11.6 Å². The Morgan fingerprint density at radius 2 is 2.00 bits per heavy atom. The maximum atomic E-state index is 12.7. The van der Waals surface area contributed by atoms with Gasteiger partial charge in [-0.1, -0.05) is 17.7 Å². The maximum Gasteiger partial charge on any atom is 0.260 e. The van der Waals surface area contributed by atoms with Crippen LogP contribution in [0, 0.1) is 13.8 Å². The number of hydrogen-bond donors (Lipinski definition) is 2. The highest BCUT2D eigenvalue weighted by Gasteiger charge is 2.15. The number of aryl methyl sites for hydroxylation is 2. The molecule has 136 valence electrons. The minimum Gasteiger partial charge on any atom is -0.507 e. The van der Waals surface area contributed by atoms with E-state index in [0.717, 1.165) is 27.1 Å². The van der Waals surface area contributed by atoms with Crippen molar-refractivity contribution >= 4 is 55.6 Å². The molecule has 1 aromatic carbocycles. The number of H-pyrrole nitrogens is 1. The van der Waals surface area contributed by atoms with Gasteiger partial charge in [-0.2, -0.15) is 0 Å². The molecule has 0 unspecified atom stereocenters. The van der Waals surface area contributed by atoms with E-state index in [-0.39, 0.29) is 11.3 Å². The third-order valence-corrected chi connectivity index (χ3v) is 6.33. The number of aromatic nitrogens is 2. The van der Waals surface area contributed by atoms with Crippen molar-refractivity contribution < 1.29 is 5.11 Å². The first-order chi connectivity index (χ1) is 12.9. The Kier molecular flexibility index (Phi) is 4.63. The molecular weight excluding hydrogens is 400 g/mol. The summed E-state index contributed by atoms with van der Waals surface area (Å²) >= 11 is 9.45. The number of phenolic OH excluding ortho intramolecular Hbond substituents is 1. The fraction of sp³-hybridized carbons (Fsp3) is 0.100. The Bertz CT molecular complexity index is 1210. The number of rotatable bonds is 3. The molecule has 7 heteroatoms. The molecule has 27 heavy (non-hydrogen) atoms. The zero-order valence-electron chi connectivity index (χ0n) is 14.5. The van der Waals surface area contributed by atoms with Crippen LogP contribution in [0.2, 0.25) is 0 Å². The van der Waals surface area contributed by atoms with Crippen LogP contribution in [-0.2, 0) is 0 Å². The molecule has 0 spiro atoms. The van der Waals surface area contributed by atoms with E-state index in [1.807, 2.05) is 48.9 Å². The second-order valence-corrected chi connectivity index (χ2v) is 8.43. The van der Waals surface area contributed by atoms with Crippen molar-refractivity contribution in [3.63, 3.8) is 0 Å². The molecule has 4 aromatic rings. The molecule has 0 saturated heterocycles. The fourth-order valence-electron chi connectivity index (χ4n) is 2.96. The molecule has 4 rings (SSSR count). The zero-order valence-corrected chi connectivity index (χ0v) is 16.9. The van der Waals surface area contributed by atoms with E-state index in [2.05, 4.69) is 9.97 Å². The number of aromatic amines is 1. The monoisotopic (exact) mass is 414 g/mol. The first-order valence-electron chi connectivity index (χ1n) is 8.17. The van der Waals surface area contributed by atoms with Crippen molar-refractivity contribution in [2.75, 3.05) is 0 Å². The summed E-state index contributed by atoms with van der Waals surface area (Å²) in [5.41, 5.74) is 3.06. The van der Waals surface area contributed by atoms with Crippen molar-refractivity contribution in [3.05, 3.63) is 67.9 Å². The Morgan fingerprint density at radius 3 is 2.67 bits per heavy atom. The van der Waals surface area contributed by atoms with E-state index < -0.39 is 0 Å². The topological polar surface area (TPSA) is 66.0 Å². The molecule has 3 heterocycles. The fourth-order valence-corrected chi connectivity index (χ4v) is 4.94. The summed E-state index contributed by atoms with van der Waals surface area (Å²) in [5, 5.41) is 14.8. The van der Waals surface area contributed by atoms with Crippen LogP contribution in [0.1, 0.15) is 22.5 Å². The third-order valence-electron chi connectivity index (χ3n) is 4.26. The maximum absolute atomic E-state index is 12.7. The summed E-state index contributed by atoms with van der Waals surface area (Å²) in [6.45, 7) is 3.66. The molecule has 0 bridgehead atoms. The summed E-state index contributed by atoms with van der Waals surface area (Å²) in [4.78, 5) is 21.7. The highest BCUT2D eigenvalue weighted by molar-refractivity contribution is 7.18. The summed E-state index contributed by atoms with van der Waals surface area (Å²) < 4.78 is 0. The molecule has 0 aliphatic rings. The number of benzene rings is 1. The molecule has 0 radical (unpaired) electrons. The van der Waals surface area contributed by atoms with Crippen molar-refractivity contribution in [3.8, 4) is 16.2 Å². The molecule has 2 N–H and O–H groups in total. The van der Waals surface area contributed by atoms with Gasteiger partial charge >= 0.3 is 0 Å². The highest BCUT2D eigenvalue weighted by atomic mass is 35.5. The Labute approximate surface area is 168 Å². The SMILES string of the molecule is Cc1cc(/C=C(\Cl)c2nc3scc(-c4cccs4)c3c(=O)[nH]2)cc(C)c1O. The lowest BCUT2D eigenvalue weighted by Crippen LogP contribution is -2.10. The number of fused-ring (bicyclic) bond motifs is 1. The van der Waals surface area contributed by atoms with Gasteiger partial charge in [0.25, 0.3) is 5.56 Å². The van der Waals surface area contributed by atoms with Crippen LogP contribution in [0.15, 0.2) is 39.8 Å². The van der Waals surface area contributed by atoms with Crippen LogP contribution < -0.4 is 5.56 Å². The van der Waals surface area contributed by atoms with Crippen molar-refractivity contribution in [1.82, 2.24) is 9.97 Å². The molecule has 3 aromatic heterocycles. The van der Waals surface area contributed by atoms with Gasteiger partial charge in [0.15, 0.2) is 5.82 Å². The third kappa shape index (κ3) is 3.32. The first-order valence-corrected chi connectivity index (χ1v) is 10.3. The lowest BCUT2D eigenvalue weighted by atomic mass is 10.1. The summed E-state index contributed by atoms with van der Waals surface area (Å²) in [6, 6.07) is 7.62. The molecular formula is C20H15ClN2O2S2. The Balaban J connectivity index is 1.79. The van der Waals surface area contributed by atoms with Gasteiger partial charge in [0.2, 0.25) is 0 Å². The zero-order chi connectivity index (χ0) is 19.1. The van der Waals surface area contributed by atoms with Crippen LogP contribution in [0.3, 0.4) is 0 Å². The lowest BCUT2D eigenvalue weighted by molar-refractivity contribution is 0.467.